The molecule has 0 saturated carbocycles. The van der Waals surface area contributed by atoms with E-state index in [4.69, 9.17) is 4.42 Å². The first kappa shape index (κ1) is 19.9. The smallest absolute Gasteiger partial charge is 0.275 e. The van der Waals surface area contributed by atoms with Crippen molar-refractivity contribution < 1.29 is 14.0 Å². The van der Waals surface area contributed by atoms with Crippen LogP contribution in [-0.2, 0) is 13.0 Å². The van der Waals surface area contributed by atoms with Crippen LogP contribution in [0.4, 0.5) is 0 Å². The molecule has 3 aromatic rings. The van der Waals surface area contributed by atoms with Gasteiger partial charge in [0, 0.05) is 32.3 Å². The van der Waals surface area contributed by atoms with Crippen molar-refractivity contribution in [1.82, 2.24) is 25.0 Å². The summed E-state index contributed by atoms with van der Waals surface area (Å²) in [5.41, 5.74) is 1.77. The molecule has 0 bridgehead atoms. The van der Waals surface area contributed by atoms with Gasteiger partial charge in [-0.05, 0) is 25.3 Å². The van der Waals surface area contributed by atoms with Crippen LogP contribution in [-0.4, -0.2) is 44.6 Å². The number of nitrogens with one attached hydrogen (secondary N) is 1. The number of benzene rings is 1. The van der Waals surface area contributed by atoms with Crippen LogP contribution >= 0.6 is 0 Å². The van der Waals surface area contributed by atoms with E-state index in [1.54, 1.807) is 15.8 Å². The summed E-state index contributed by atoms with van der Waals surface area (Å²) in [6.07, 6.45) is 7.13. The first-order chi connectivity index (χ1) is 14.6. The number of carbonyl (C=O) groups excluding carboxylic acids is 2. The molecular weight excluding hydrogens is 382 g/mol. The summed E-state index contributed by atoms with van der Waals surface area (Å²) >= 11 is 0. The van der Waals surface area contributed by atoms with Crippen LogP contribution in [0.3, 0.4) is 0 Å². The molecule has 30 heavy (non-hydrogen) atoms. The number of aryl methyl sites for hydroxylation is 1. The highest BCUT2D eigenvalue weighted by Gasteiger charge is 2.26. The number of oxazole rings is 1. The lowest BCUT2D eigenvalue weighted by Gasteiger charge is -2.15. The van der Waals surface area contributed by atoms with Crippen LogP contribution in [0.15, 0.2) is 53.4 Å². The number of rotatable bonds is 7. The lowest BCUT2D eigenvalue weighted by molar-refractivity contribution is 0.0786. The van der Waals surface area contributed by atoms with Gasteiger partial charge in [-0.1, -0.05) is 30.3 Å². The molecule has 1 N–H and O–H groups in total. The van der Waals surface area contributed by atoms with Gasteiger partial charge in [0.15, 0.2) is 5.69 Å². The quantitative estimate of drug-likeness (QED) is 0.650. The number of hydrogen-bond acceptors (Lipinski definition) is 5. The molecule has 2 aromatic heterocycles. The third kappa shape index (κ3) is 4.42. The molecule has 1 fully saturated rings. The molecule has 0 radical (unpaired) electrons. The average Bonchev–Trinajstić information content (AvgIpc) is 3.55. The van der Waals surface area contributed by atoms with Gasteiger partial charge in [0.1, 0.15) is 12.3 Å². The molecule has 1 aliphatic heterocycles. The molecule has 1 aliphatic rings. The number of amides is 2. The summed E-state index contributed by atoms with van der Waals surface area (Å²) in [5.74, 6) is -0.0737. The Morgan fingerprint density at radius 3 is 2.67 bits per heavy atom. The second-order valence-corrected chi connectivity index (χ2v) is 7.37. The predicted molar refractivity (Wildman–Crippen MR) is 110 cm³/mol. The van der Waals surface area contributed by atoms with Crippen molar-refractivity contribution in [3.05, 3.63) is 71.7 Å². The zero-order chi connectivity index (χ0) is 20.9. The van der Waals surface area contributed by atoms with E-state index in [9.17, 15) is 9.59 Å². The molecule has 0 spiro atoms. The van der Waals surface area contributed by atoms with Crippen molar-refractivity contribution in [2.24, 2.45) is 0 Å². The van der Waals surface area contributed by atoms with Crippen molar-refractivity contribution in [3.8, 4) is 0 Å². The third-order valence-corrected chi connectivity index (χ3v) is 5.24. The number of carbonyl (C=O) groups is 2. The second-order valence-electron chi connectivity index (χ2n) is 7.37. The van der Waals surface area contributed by atoms with Crippen LogP contribution in [0, 0.1) is 0 Å². The highest BCUT2D eigenvalue weighted by molar-refractivity contribution is 5.94. The van der Waals surface area contributed by atoms with Crippen LogP contribution < -0.4 is 5.32 Å². The molecule has 8 heteroatoms. The zero-order valence-electron chi connectivity index (χ0n) is 17.0. The number of likely N-dealkylation sites (tertiary alicyclic amines) is 1. The molecule has 3 heterocycles. The molecule has 1 aromatic carbocycles. The average molecular weight is 407 g/mol. The first-order valence-electron chi connectivity index (χ1n) is 10.3. The maximum Gasteiger partial charge on any atom is 0.275 e. The van der Waals surface area contributed by atoms with E-state index < -0.39 is 6.04 Å². The van der Waals surface area contributed by atoms with Gasteiger partial charge >= 0.3 is 0 Å². The molecule has 4 rings (SSSR count). The Hall–Kier alpha value is -3.42. The number of aromatic nitrogens is 3. The van der Waals surface area contributed by atoms with E-state index in [0.717, 1.165) is 31.5 Å². The standard InChI is InChI=1S/C22H25N5O3/c1-2-27-14-17(13-23-27)20(28)24-18(12-16-8-4-3-5-9-16)21-25-19(15-30-21)22(29)26-10-6-7-11-26/h3-5,8-9,13-15,18H,2,6-7,10-12H2,1H3,(H,24,28)/t18-/m1/s1. The summed E-state index contributed by atoms with van der Waals surface area (Å²) in [4.78, 5) is 31.6. The summed E-state index contributed by atoms with van der Waals surface area (Å²) in [6, 6.07) is 9.27. The molecule has 1 atom stereocenters. The maximum absolute atomic E-state index is 12.8. The van der Waals surface area contributed by atoms with E-state index in [2.05, 4.69) is 15.4 Å². The maximum atomic E-state index is 12.8. The van der Waals surface area contributed by atoms with Crippen LogP contribution in [0.5, 0.6) is 0 Å². The summed E-state index contributed by atoms with van der Waals surface area (Å²) in [6.45, 7) is 4.13. The molecular formula is C22H25N5O3. The van der Waals surface area contributed by atoms with Gasteiger partial charge in [-0.3, -0.25) is 14.3 Å². The second kappa shape index (κ2) is 8.94. The van der Waals surface area contributed by atoms with E-state index in [1.165, 1.54) is 12.5 Å². The molecule has 0 aliphatic carbocycles. The normalized spacial score (nSPS) is 14.6. The fraction of sp³-hybridized carbons (Fsp3) is 0.364. The van der Waals surface area contributed by atoms with Gasteiger partial charge in [0.05, 0.1) is 11.8 Å². The van der Waals surface area contributed by atoms with Crippen molar-refractivity contribution >= 4 is 11.8 Å². The largest absolute Gasteiger partial charge is 0.446 e. The van der Waals surface area contributed by atoms with Crippen molar-refractivity contribution in [2.75, 3.05) is 13.1 Å². The molecule has 156 valence electrons. The number of hydrogen-bond donors (Lipinski definition) is 1. The topological polar surface area (TPSA) is 93.3 Å². The van der Waals surface area contributed by atoms with Gasteiger partial charge < -0.3 is 14.6 Å². The number of nitrogens with zero attached hydrogens (tertiary/aromatic N) is 4. The Morgan fingerprint density at radius 1 is 1.20 bits per heavy atom. The lowest BCUT2D eigenvalue weighted by atomic mass is 10.1. The molecule has 0 unspecified atom stereocenters. The summed E-state index contributed by atoms with van der Waals surface area (Å²) in [5, 5.41) is 7.14. The Labute approximate surface area is 174 Å². The van der Waals surface area contributed by atoms with E-state index in [-0.39, 0.29) is 17.5 Å². The molecule has 8 nitrogen and oxygen atoms in total. The minimum absolute atomic E-state index is 0.128. The third-order valence-electron chi connectivity index (χ3n) is 5.24. The van der Waals surface area contributed by atoms with Crippen molar-refractivity contribution in [2.45, 2.75) is 38.8 Å². The minimum atomic E-state index is -0.509. The van der Waals surface area contributed by atoms with Crippen LogP contribution in [0.2, 0.25) is 0 Å². The van der Waals surface area contributed by atoms with Gasteiger partial charge in [-0.25, -0.2) is 4.98 Å². The Morgan fingerprint density at radius 2 is 1.97 bits per heavy atom. The fourth-order valence-corrected chi connectivity index (χ4v) is 3.57. The Balaban J connectivity index is 1.55. The van der Waals surface area contributed by atoms with Gasteiger partial charge in [-0.15, -0.1) is 0 Å². The predicted octanol–water partition coefficient (Wildman–Crippen LogP) is 2.84. The van der Waals surface area contributed by atoms with Crippen LogP contribution in [0.25, 0.3) is 0 Å². The monoisotopic (exact) mass is 407 g/mol. The summed E-state index contributed by atoms with van der Waals surface area (Å²) < 4.78 is 7.34. The Bertz CT molecular complexity index is 1000. The summed E-state index contributed by atoms with van der Waals surface area (Å²) in [7, 11) is 0. The zero-order valence-corrected chi connectivity index (χ0v) is 17.0. The van der Waals surface area contributed by atoms with E-state index in [1.807, 2.05) is 37.3 Å². The van der Waals surface area contributed by atoms with Gasteiger partial charge in [0.25, 0.3) is 11.8 Å². The van der Waals surface area contributed by atoms with Crippen molar-refractivity contribution in [1.29, 1.82) is 0 Å². The van der Waals surface area contributed by atoms with Gasteiger partial charge in [0.2, 0.25) is 5.89 Å². The fourth-order valence-electron chi connectivity index (χ4n) is 3.57. The van der Waals surface area contributed by atoms with Crippen molar-refractivity contribution in [3.63, 3.8) is 0 Å². The van der Waals surface area contributed by atoms with E-state index >= 15 is 0 Å². The highest BCUT2D eigenvalue weighted by atomic mass is 16.3. The first-order valence-corrected chi connectivity index (χ1v) is 10.3. The molecule has 1 saturated heterocycles. The Kier molecular flexibility index (Phi) is 5.92. The van der Waals surface area contributed by atoms with Gasteiger partial charge in [-0.2, -0.15) is 5.10 Å². The minimum Gasteiger partial charge on any atom is -0.446 e. The molecule has 2 amide bonds. The highest BCUT2D eigenvalue weighted by Crippen LogP contribution is 2.21. The lowest BCUT2D eigenvalue weighted by Crippen LogP contribution is -2.31. The van der Waals surface area contributed by atoms with E-state index in [0.29, 0.717) is 24.4 Å². The van der Waals surface area contributed by atoms with Crippen LogP contribution in [0.1, 0.15) is 58.1 Å². The SMILES string of the molecule is CCn1cc(C(=O)N[C@H](Cc2ccccc2)c2nc(C(=O)N3CCCC3)co2)cn1.